The monoisotopic (exact) mass is 555 g/mol. The molecule has 3 rings (SSSR count). The van der Waals surface area contributed by atoms with Crippen LogP contribution in [0.25, 0.3) is 0 Å². The third kappa shape index (κ3) is 7.64. The van der Waals surface area contributed by atoms with Crippen LogP contribution in [0.5, 0.6) is 0 Å². The Labute approximate surface area is 209 Å². The van der Waals surface area contributed by atoms with Gasteiger partial charge in [0.1, 0.15) is 0 Å². The molecule has 178 valence electrons. The van der Waals surface area contributed by atoms with Crippen LogP contribution < -0.4 is 16.0 Å². The Hall–Kier alpha value is -1.84. The number of nitrogens with one attached hydrogen (secondary N) is 3. The summed E-state index contributed by atoms with van der Waals surface area (Å²) < 4.78 is 0. The van der Waals surface area contributed by atoms with E-state index in [2.05, 4.69) is 22.9 Å². The summed E-state index contributed by atoms with van der Waals surface area (Å²) in [4.78, 5) is 31.4. The van der Waals surface area contributed by atoms with Crippen LogP contribution in [0.1, 0.15) is 61.4 Å². The van der Waals surface area contributed by atoms with Crippen molar-refractivity contribution in [2.75, 3.05) is 33.2 Å². The predicted molar refractivity (Wildman–Crippen MR) is 140 cm³/mol. The summed E-state index contributed by atoms with van der Waals surface area (Å²) >= 11 is 0. The number of rotatable bonds is 7. The Kier molecular flexibility index (Phi) is 11.3. The largest absolute Gasteiger partial charge is 0.357 e. The van der Waals surface area contributed by atoms with Gasteiger partial charge in [-0.05, 0) is 50.3 Å². The summed E-state index contributed by atoms with van der Waals surface area (Å²) in [6.07, 6.45) is 7.48. The first-order valence-corrected chi connectivity index (χ1v) is 11.8. The zero-order valence-electron chi connectivity index (χ0n) is 19.4. The average Bonchev–Trinajstić information content (AvgIpc) is 3.27. The number of guanidine groups is 1. The molecule has 2 fully saturated rings. The number of carbonyl (C=O) groups excluding carboxylic acids is 2. The summed E-state index contributed by atoms with van der Waals surface area (Å²) in [5.41, 5.74) is 1.76. The highest BCUT2D eigenvalue weighted by Crippen LogP contribution is 2.26. The van der Waals surface area contributed by atoms with Gasteiger partial charge in [-0.25, -0.2) is 0 Å². The average molecular weight is 556 g/mol. The topological polar surface area (TPSA) is 85.8 Å². The third-order valence-electron chi connectivity index (χ3n) is 6.23. The lowest BCUT2D eigenvalue weighted by Crippen LogP contribution is -2.45. The van der Waals surface area contributed by atoms with Crippen LogP contribution in [-0.4, -0.2) is 61.9 Å². The van der Waals surface area contributed by atoms with Crippen molar-refractivity contribution in [3.05, 3.63) is 35.4 Å². The quantitative estimate of drug-likeness (QED) is 0.275. The molecule has 1 unspecified atom stereocenters. The van der Waals surface area contributed by atoms with E-state index in [9.17, 15) is 9.59 Å². The second-order valence-corrected chi connectivity index (χ2v) is 8.54. The molecule has 0 aromatic heterocycles. The lowest BCUT2D eigenvalue weighted by molar-refractivity contribution is -0.135. The van der Waals surface area contributed by atoms with Crippen molar-refractivity contribution in [3.63, 3.8) is 0 Å². The maximum Gasteiger partial charge on any atom is 0.251 e. The maximum absolute atomic E-state index is 12.8. The molecule has 1 aliphatic carbocycles. The second-order valence-electron chi connectivity index (χ2n) is 8.54. The normalized spacial score (nSPS) is 19.2. The molecule has 1 saturated carbocycles. The Balaban J connectivity index is 0.00000363. The molecule has 1 saturated heterocycles. The molecule has 1 aromatic rings. The van der Waals surface area contributed by atoms with Gasteiger partial charge in [-0.2, -0.15) is 0 Å². The molecule has 32 heavy (non-hydrogen) atoms. The molecular weight excluding hydrogens is 517 g/mol. The van der Waals surface area contributed by atoms with Gasteiger partial charge >= 0.3 is 0 Å². The fraction of sp³-hybridized carbons (Fsp3) is 0.625. The second kappa shape index (κ2) is 13.6. The molecule has 1 aliphatic heterocycles. The van der Waals surface area contributed by atoms with Gasteiger partial charge in [0.05, 0.1) is 0 Å². The Morgan fingerprint density at radius 3 is 2.66 bits per heavy atom. The van der Waals surface area contributed by atoms with E-state index in [1.54, 1.807) is 7.05 Å². The molecule has 3 N–H and O–H groups in total. The Morgan fingerprint density at radius 1 is 1.16 bits per heavy atom. The van der Waals surface area contributed by atoms with Crippen LogP contribution in [0.4, 0.5) is 0 Å². The van der Waals surface area contributed by atoms with Gasteiger partial charge in [0, 0.05) is 50.7 Å². The van der Waals surface area contributed by atoms with E-state index in [-0.39, 0.29) is 41.8 Å². The molecule has 8 heteroatoms. The maximum atomic E-state index is 12.8. The zero-order chi connectivity index (χ0) is 22.1. The van der Waals surface area contributed by atoms with E-state index in [0.717, 1.165) is 56.8 Å². The van der Waals surface area contributed by atoms with Gasteiger partial charge in [-0.1, -0.05) is 31.4 Å². The van der Waals surface area contributed by atoms with Crippen molar-refractivity contribution in [1.29, 1.82) is 0 Å². The van der Waals surface area contributed by atoms with Crippen molar-refractivity contribution in [3.8, 4) is 0 Å². The minimum atomic E-state index is -0.0751. The predicted octanol–water partition coefficient (Wildman–Crippen LogP) is 2.94. The first kappa shape index (κ1) is 26.4. The minimum Gasteiger partial charge on any atom is -0.357 e. The Bertz CT molecular complexity index is 779. The summed E-state index contributed by atoms with van der Waals surface area (Å²) in [5, 5.41) is 9.48. The van der Waals surface area contributed by atoms with Gasteiger partial charge in [-0.3, -0.25) is 14.6 Å². The minimum absolute atomic E-state index is 0. The number of amides is 2. The highest BCUT2D eigenvalue weighted by atomic mass is 127. The number of benzene rings is 1. The van der Waals surface area contributed by atoms with E-state index in [0.29, 0.717) is 18.0 Å². The van der Waals surface area contributed by atoms with Crippen LogP contribution in [0, 0.1) is 5.92 Å². The fourth-order valence-electron chi connectivity index (χ4n) is 4.51. The zero-order valence-corrected chi connectivity index (χ0v) is 21.7. The smallest absolute Gasteiger partial charge is 0.251 e. The molecule has 1 aromatic carbocycles. The summed E-state index contributed by atoms with van der Waals surface area (Å²) in [6.45, 7) is 5.06. The molecule has 0 spiro atoms. The van der Waals surface area contributed by atoms with Crippen molar-refractivity contribution in [2.24, 2.45) is 10.9 Å². The highest BCUT2D eigenvalue weighted by molar-refractivity contribution is 14.0. The molecular formula is C24H38IN5O2. The first-order valence-electron chi connectivity index (χ1n) is 11.8. The van der Waals surface area contributed by atoms with Crippen molar-refractivity contribution in [1.82, 2.24) is 20.9 Å². The number of hydrogen-bond acceptors (Lipinski definition) is 3. The lowest BCUT2D eigenvalue weighted by Gasteiger charge is -2.26. The van der Waals surface area contributed by atoms with Crippen LogP contribution >= 0.6 is 24.0 Å². The van der Waals surface area contributed by atoms with E-state index in [4.69, 9.17) is 4.99 Å². The number of aliphatic imine (C=N–C) groups is 1. The highest BCUT2D eigenvalue weighted by Gasteiger charge is 2.31. The van der Waals surface area contributed by atoms with E-state index >= 15 is 0 Å². The van der Waals surface area contributed by atoms with Crippen molar-refractivity contribution in [2.45, 2.75) is 57.9 Å². The lowest BCUT2D eigenvalue weighted by atomic mass is 9.88. The van der Waals surface area contributed by atoms with E-state index in [1.807, 2.05) is 29.2 Å². The number of halogens is 1. The molecule has 1 atom stereocenters. The van der Waals surface area contributed by atoms with Gasteiger partial charge in [0.25, 0.3) is 5.91 Å². The van der Waals surface area contributed by atoms with Crippen LogP contribution in [0.15, 0.2) is 29.3 Å². The van der Waals surface area contributed by atoms with Crippen LogP contribution in [0.3, 0.4) is 0 Å². The van der Waals surface area contributed by atoms with Gasteiger partial charge in [0.15, 0.2) is 5.96 Å². The standard InChI is InChI=1S/C24H37N5O2.HI/c1-3-26-24(27-14-12-18-8-7-11-20(16-18)22(30)25-2)28-21-13-15-29(17-21)23(31)19-9-5-4-6-10-19;/h7-8,11,16,19,21H,3-6,9-10,12-15,17H2,1-2H3,(H,25,30)(H2,26,27,28);1H. The molecule has 0 radical (unpaired) electrons. The van der Waals surface area contributed by atoms with Gasteiger partial charge in [-0.15, -0.1) is 24.0 Å². The van der Waals surface area contributed by atoms with Gasteiger partial charge in [0.2, 0.25) is 5.91 Å². The van der Waals surface area contributed by atoms with E-state index < -0.39 is 0 Å². The number of likely N-dealkylation sites (tertiary alicyclic amines) is 1. The van der Waals surface area contributed by atoms with Crippen LogP contribution in [-0.2, 0) is 11.2 Å². The summed E-state index contributed by atoms with van der Waals surface area (Å²) in [7, 11) is 1.64. The Morgan fingerprint density at radius 2 is 1.94 bits per heavy atom. The third-order valence-corrected chi connectivity index (χ3v) is 6.23. The molecule has 0 bridgehead atoms. The van der Waals surface area contributed by atoms with Gasteiger partial charge < -0.3 is 20.9 Å². The molecule has 7 nitrogen and oxygen atoms in total. The number of nitrogens with zero attached hydrogens (tertiary/aromatic N) is 2. The number of carbonyl (C=O) groups is 2. The van der Waals surface area contributed by atoms with Crippen molar-refractivity contribution < 1.29 is 9.59 Å². The fourth-order valence-corrected chi connectivity index (χ4v) is 4.51. The SMILES string of the molecule is CCNC(=NCCc1cccc(C(=O)NC)c1)NC1CCN(C(=O)C2CCCCC2)C1.I. The van der Waals surface area contributed by atoms with Crippen molar-refractivity contribution >= 4 is 41.8 Å². The summed E-state index contributed by atoms with van der Waals surface area (Å²) in [5.74, 6) is 1.30. The van der Waals surface area contributed by atoms with E-state index in [1.165, 1.54) is 19.3 Å². The molecule has 2 aliphatic rings. The number of hydrogen-bond donors (Lipinski definition) is 3. The van der Waals surface area contributed by atoms with Crippen LogP contribution in [0.2, 0.25) is 0 Å². The molecule has 2 amide bonds. The molecule has 1 heterocycles. The first-order chi connectivity index (χ1) is 15.1. The summed E-state index contributed by atoms with van der Waals surface area (Å²) in [6, 6.07) is 7.90.